The minimum atomic E-state index is -4.77. The van der Waals surface area contributed by atoms with Gasteiger partial charge in [0.25, 0.3) is 5.56 Å². The number of fused-ring (bicyclic) bond motifs is 1. The van der Waals surface area contributed by atoms with Gasteiger partial charge in [-0.05, 0) is 62.0 Å². The molecule has 0 amide bonds. The van der Waals surface area contributed by atoms with E-state index in [0.717, 1.165) is 56.6 Å². The van der Waals surface area contributed by atoms with E-state index in [1.807, 2.05) is 18.2 Å². The lowest BCUT2D eigenvalue weighted by atomic mass is 10.2. The Bertz CT molecular complexity index is 1340. The van der Waals surface area contributed by atoms with Crippen LogP contribution in [0.5, 0.6) is 5.75 Å². The number of rotatable bonds is 10. The van der Waals surface area contributed by atoms with Gasteiger partial charge in [-0.2, -0.15) is 0 Å². The molecule has 0 bridgehead atoms. The van der Waals surface area contributed by atoms with Gasteiger partial charge in [0.15, 0.2) is 0 Å². The average molecular weight is 570 g/mol. The molecule has 1 saturated heterocycles. The summed E-state index contributed by atoms with van der Waals surface area (Å²) in [6, 6.07) is 14.0. The SMILES string of the molecule is CC(OP(=O)(O)O)n1c(=O)ccc2ccc(OCCCCN3CCN(c4cccc(Cl)c4Cl)CC3)cc21. The van der Waals surface area contributed by atoms with Crippen molar-refractivity contribution in [3.8, 4) is 5.75 Å². The van der Waals surface area contributed by atoms with Crippen molar-refractivity contribution in [2.45, 2.75) is 26.0 Å². The number of unbranched alkanes of at least 4 members (excludes halogenated alkanes) is 1. The number of aromatic nitrogens is 1. The van der Waals surface area contributed by atoms with Crippen molar-refractivity contribution in [2.75, 3.05) is 44.2 Å². The quantitative estimate of drug-likeness (QED) is 0.262. The lowest BCUT2D eigenvalue weighted by Gasteiger charge is -2.36. The highest BCUT2D eigenvalue weighted by molar-refractivity contribution is 7.46. The number of piperazine rings is 1. The molecule has 2 N–H and O–H groups in total. The van der Waals surface area contributed by atoms with Gasteiger partial charge in [0.2, 0.25) is 0 Å². The van der Waals surface area contributed by atoms with Crippen molar-refractivity contribution in [3.05, 3.63) is 68.9 Å². The number of hydrogen-bond donors (Lipinski definition) is 2. The van der Waals surface area contributed by atoms with E-state index >= 15 is 0 Å². The number of phosphoric acid groups is 1. The van der Waals surface area contributed by atoms with E-state index in [4.69, 9.17) is 42.2 Å². The molecule has 12 heteroatoms. The zero-order valence-electron chi connectivity index (χ0n) is 20.4. The summed E-state index contributed by atoms with van der Waals surface area (Å²) in [6.45, 7) is 6.56. The lowest BCUT2D eigenvalue weighted by Crippen LogP contribution is -2.46. The lowest BCUT2D eigenvalue weighted by molar-refractivity contribution is 0.0987. The van der Waals surface area contributed by atoms with E-state index in [1.54, 1.807) is 24.3 Å². The van der Waals surface area contributed by atoms with Crippen LogP contribution in [-0.4, -0.2) is 58.6 Å². The number of phosphoric ester groups is 1. The second-order valence-electron chi connectivity index (χ2n) is 8.91. The normalized spacial score (nSPS) is 15.8. The number of benzene rings is 2. The maximum absolute atomic E-state index is 12.4. The van der Waals surface area contributed by atoms with E-state index in [9.17, 15) is 9.36 Å². The monoisotopic (exact) mass is 569 g/mol. The molecule has 1 atom stereocenters. The fourth-order valence-corrected chi connectivity index (χ4v) is 5.43. The summed E-state index contributed by atoms with van der Waals surface area (Å²) >= 11 is 12.5. The van der Waals surface area contributed by atoms with Gasteiger partial charge in [-0.25, -0.2) is 4.57 Å². The first kappa shape index (κ1) is 27.9. The molecular weight excluding hydrogens is 540 g/mol. The Balaban J connectivity index is 1.27. The Kier molecular flexibility index (Phi) is 9.19. The number of halogens is 2. The summed E-state index contributed by atoms with van der Waals surface area (Å²) in [5.74, 6) is 0.572. The molecule has 37 heavy (non-hydrogen) atoms. The van der Waals surface area contributed by atoms with Crippen LogP contribution in [0.25, 0.3) is 10.9 Å². The van der Waals surface area contributed by atoms with E-state index in [-0.39, 0.29) is 0 Å². The molecule has 1 fully saturated rings. The maximum Gasteiger partial charge on any atom is 0.471 e. The summed E-state index contributed by atoms with van der Waals surface area (Å²) in [5.41, 5.74) is 1.03. The van der Waals surface area contributed by atoms with Crippen LogP contribution < -0.4 is 15.2 Å². The van der Waals surface area contributed by atoms with Gasteiger partial charge in [0, 0.05) is 38.3 Å². The Hall–Kier alpha value is -2.10. The predicted molar refractivity (Wildman–Crippen MR) is 146 cm³/mol. The van der Waals surface area contributed by atoms with Gasteiger partial charge in [0.1, 0.15) is 12.0 Å². The number of pyridine rings is 1. The first-order valence-corrected chi connectivity index (χ1v) is 14.3. The van der Waals surface area contributed by atoms with E-state index < -0.39 is 19.6 Å². The second-order valence-corrected chi connectivity index (χ2v) is 10.9. The zero-order valence-corrected chi connectivity index (χ0v) is 22.8. The van der Waals surface area contributed by atoms with Crippen LogP contribution in [0.1, 0.15) is 26.0 Å². The predicted octanol–water partition coefficient (Wildman–Crippen LogP) is 4.92. The van der Waals surface area contributed by atoms with Crippen LogP contribution in [0.15, 0.2) is 53.3 Å². The largest absolute Gasteiger partial charge is 0.494 e. The van der Waals surface area contributed by atoms with E-state index in [1.165, 1.54) is 17.6 Å². The molecule has 2 heterocycles. The van der Waals surface area contributed by atoms with E-state index in [2.05, 4.69) is 9.80 Å². The number of nitrogens with zero attached hydrogens (tertiary/aromatic N) is 3. The first-order valence-electron chi connectivity index (χ1n) is 12.1. The summed E-state index contributed by atoms with van der Waals surface area (Å²) in [6.07, 6.45) is 0.684. The van der Waals surface area contributed by atoms with Gasteiger partial charge in [-0.15, -0.1) is 0 Å². The van der Waals surface area contributed by atoms with Crippen LogP contribution in [0.3, 0.4) is 0 Å². The molecule has 3 aromatic rings. The third-order valence-electron chi connectivity index (χ3n) is 6.34. The Morgan fingerprint density at radius 2 is 1.76 bits per heavy atom. The molecule has 0 saturated carbocycles. The highest BCUT2D eigenvalue weighted by atomic mass is 35.5. The number of hydrogen-bond acceptors (Lipinski definition) is 6. The van der Waals surface area contributed by atoms with Crippen molar-refractivity contribution in [1.82, 2.24) is 9.47 Å². The van der Waals surface area contributed by atoms with Crippen LogP contribution in [-0.2, 0) is 9.09 Å². The molecule has 1 unspecified atom stereocenters. The molecule has 0 spiro atoms. The van der Waals surface area contributed by atoms with Crippen molar-refractivity contribution >= 4 is 47.6 Å². The summed E-state index contributed by atoms with van der Waals surface area (Å²) in [4.78, 5) is 35.4. The van der Waals surface area contributed by atoms with E-state index in [0.29, 0.717) is 27.9 Å². The summed E-state index contributed by atoms with van der Waals surface area (Å²) in [5, 5.41) is 1.90. The summed E-state index contributed by atoms with van der Waals surface area (Å²) in [7, 11) is -4.77. The Morgan fingerprint density at radius 1 is 1.03 bits per heavy atom. The Morgan fingerprint density at radius 3 is 2.49 bits per heavy atom. The first-order chi connectivity index (χ1) is 17.6. The number of ether oxygens (including phenoxy) is 1. The minimum absolute atomic E-state index is 0.427. The molecule has 0 radical (unpaired) electrons. The van der Waals surface area contributed by atoms with Crippen LogP contribution in [0, 0.1) is 0 Å². The van der Waals surface area contributed by atoms with Gasteiger partial charge in [-0.1, -0.05) is 29.3 Å². The molecule has 200 valence electrons. The molecule has 1 aliphatic heterocycles. The van der Waals surface area contributed by atoms with Crippen molar-refractivity contribution in [1.29, 1.82) is 0 Å². The molecule has 1 aromatic heterocycles. The van der Waals surface area contributed by atoms with Crippen LogP contribution in [0.2, 0.25) is 10.0 Å². The third kappa shape index (κ3) is 7.27. The standard InChI is InChI=1S/C25H30Cl2N3O6P/c1-18(36-37(32,33)34)30-23-17-20(9-7-19(23)8-10-24(30)31)35-16-3-2-11-28-12-14-29(15-13-28)22-6-4-5-21(26)25(22)27/h4-10,17-18H,2-3,11-16H2,1H3,(H2,32,33,34). The highest BCUT2D eigenvalue weighted by Crippen LogP contribution is 2.40. The fraction of sp³-hybridized carbons (Fsp3) is 0.400. The van der Waals surface area contributed by atoms with Crippen molar-refractivity contribution in [2.24, 2.45) is 0 Å². The van der Waals surface area contributed by atoms with Crippen LogP contribution >= 0.6 is 31.0 Å². The minimum Gasteiger partial charge on any atom is -0.494 e. The molecule has 2 aromatic carbocycles. The van der Waals surface area contributed by atoms with Gasteiger partial charge >= 0.3 is 7.82 Å². The molecule has 1 aliphatic rings. The molecular formula is C25H30Cl2N3O6P. The summed E-state index contributed by atoms with van der Waals surface area (Å²) < 4.78 is 23.1. The van der Waals surface area contributed by atoms with Crippen LogP contribution in [0.4, 0.5) is 5.69 Å². The third-order valence-corrected chi connectivity index (χ3v) is 7.73. The topological polar surface area (TPSA) is 104 Å². The maximum atomic E-state index is 12.4. The number of anilines is 1. The molecule has 0 aliphatic carbocycles. The zero-order chi connectivity index (χ0) is 26.6. The fourth-order valence-electron chi connectivity index (χ4n) is 4.52. The smallest absolute Gasteiger partial charge is 0.471 e. The second kappa shape index (κ2) is 12.2. The Labute approximate surface area is 225 Å². The molecule has 9 nitrogen and oxygen atoms in total. The van der Waals surface area contributed by atoms with Gasteiger partial charge < -0.3 is 19.4 Å². The average Bonchev–Trinajstić information content (AvgIpc) is 2.84. The van der Waals surface area contributed by atoms with Crippen molar-refractivity contribution in [3.63, 3.8) is 0 Å². The van der Waals surface area contributed by atoms with Crippen molar-refractivity contribution < 1.29 is 23.6 Å². The highest BCUT2D eigenvalue weighted by Gasteiger charge is 2.22. The molecule has 4 rings (SSSR count). The van der Waals surface area contributed by atoms with Gasteiger partial charge in [0.05, 0.1) is 27.9 Å². The van der Waals surface area contributed by atoms with Gasteiger partial charge in [-0.3, -0.25) is 18.8 Å².